The van der Waals surface area contributed by atoms with Crippen LogP contribution in [0, 0.1) is 5.92 Å². The maximum absolute atomic E-state index is 5.30. The zero-order chi connectivity index (χ0) is 9.80. The third-order valence-corrected chi connectivity index (χ3v) is 3.06. The van der Waals surface area contributed by atoms with Gasteiger partial charge in [0, 0.05) is 37.0 Å². The Morgan fingerprint density at radius 2 is 2.57 bits per heavy atom. The van der Waals surface area contributed by atoms with Crippen LogP contribution in [-0.2, 0) is 11.2 Å². The second-order valence-electron chi connectivity index (χ2n) is 3.48. The first-order valence-electron chi connectivity index (χ1n) is 5.02. The summed E-state index contributed by atoms with van der Waals surface area (Å²) in [6.45, 7) is 4.81. The highest BCUT2D eigenvalue weighted by Gasteiger charge is 2.15. The van der Waals surface area contributed by atoms with Crippen molar-refractivity contribution < 1.29 is 4.74 Å². The van der Waals surface area contributed by atoms with E-state index >= 15 is 0 Å². The van der Waals surface area contributed by atoms with Crippen LogP contribution < -0.4 is 5.32 Å². The molecule has 0 radical (unpaired) electrons. The van der Waals surface area contributed by atoms with Crippen molar-refractivity contribution in [3.63, 3.8) is 0 Å². The number of aryl methyl sites for hydroxylation is 1. The van der Waals surface area contributed by atoms with Gasteiger partial charge in [-0.2, -0.15) is 4.37 Å². The topological polar surface area (TPSA) is 47.0 Å². The molecule has 1 aliphatic heterocycles. The molecule has 5 heteroatoms. The monoisotopic (exact) mass is 213 g/mol. The van der Waals surface area contributed by atoms with Gasteiger partial charge in [0.05, 0.1) is 6.61 Å². The molecule has 0 bridgehead atoms. The number of hydrogen-bond donors (Lipinski definition) is 1. The van der Waals surface area contributed by atoms with Gasteiger partial charge in [-0.3, -0.25) is 0 Å². The summed E-state index contributed by atoms with van der Waals surface area (Å²) in [5.41, 5.74) is 0. The molecule has 14 heavy (non-hydrogen) atoms. The fraction of sp³-hybridized carbons (Fsp3) is 0.778. The molecule has 1 aromatic rings. The van der Waals surface area contributed by atoms with E-state index in [9.17, 15) is 0 Å². The number of ether oxygens (including phenoxy) is 1. The maximum Gasteiger partial charge on any atom is 0.202 e. The van der Waals surface area contributed by atoms with Crippen LogP contribution in [0.15, 0.2) is 0 Å². The molecule has 1 saturated heterocycles. The molecule has 0 saturated carbocycles. The SMILES string of the molecule is CCc1nsc(NCC2CCOC2)n1. The van der Waals surface area contributed by atoms with E-state index in [2.05, 4.69) is 21.6 Å². The Balaban J connectivity index is 1.79. The second-order valence-corrected chi connectivity index (χ2v) is 4.23. The first-order chi connectivity index (χ1) is 6.88. The minimum atomic E-state index is 0.643. The second kappa shape index (κ2) is 4.70. The van der Waals surface area contributed by atoms with Gasteiger partial charge in [-0.15, -0.1) is 0 Å². The van der Waals surface area contributed by atoms with E-state index in [1.165, 1.54) is 11.5 Å². The number of rotatable bonds is 4. The van der Waals surface area contributed by atoms with Crippen LogP contribution in [0.4, 0.5) is 5.13 Å². The number of hydrogen-bond acceptors (Lipinski definition) is 5. The number of aromatic nitrogens is 2. The molecule has 78 valence electrons. The molecule has 0 aliphatic carbocycles. The number of anilines is 1. The smallest absolute Gasteiger partial charge is 0.202 e. The molecule has 1 aromatic heterocycles. The summed E-state index contributed by atoms with van der Waals surface area (Å²) >= 11 is 1.44. The van der Waals surface area contributed by atoms with E-state index in [1.54, 1.807) is 0 Å². The Morgan fingerprint density at radius 3 is 3.21 bits per heavy atom. The third kappa shape index (κ3) is 2.42. The van der Waals surface area contributed by atoms with Gasteiger partial charge in [-0.25, -0.2) is 4.98 Å². The molecule has 0 aromatic carbocycles. The molecule has 2 rings (SSSR count). The molecule has 4 nitrogen and oxygen atoms in total. The van der Waals surface area contributed by atoms with Crippen molar-refractivity contribution in [2.75, 3.05) is 25.1 Å². The van der Waals surface area contributed by atoms with Crippen molar-refractivity contribution in [1.29, 1.82) is 0 Å². The highest BCUT2D eigenvalue weighted by Crippen LogP contribution is 2.15. The Labute approximate surface area is 87.9 Å². The molecule has 1 fully saturated rings. The molecule has 1 unspecified atom stereocenters. The van der Waals surface area contributed by atoms with Crippen molar-refractivity contribution in [1.82, 2.24) is 9.36 Å². The molecule has 0 amide bonds. The van der Waals surface area contributed by atoms with E-state index in [0.29, 0.717) is 5.92 Å². The van der Waals surface area contributed by atoms with Crippen molar-refractivity contribution >= 4 is 16.7 Å². The standard InChI is InChI=1S/C9H15N3OS/c1-2-8-11-9(14-12-8)10-5-7-3-4-13-6-7/h7H,2-6H2,1H3,(H,10,11,12). The molecule has 1 aliphatic rings. The molecule has 1 atom stereocenters. The summed E-state index contributed by atoms with van der Waals surface area (Å²) in [6, 6.07) is 0. The van der Waals surface area contributed by atoms with Gasteiger partial charge < -0.3 is 10.1 Å². The van der Waals surface area contributed by atoms with E-state index < -0.39 is 0 Å². The Kier molecular flexibility index (Phi) is 3.31. The molecular formula is C9H15N3OS. The van der Waals surface area contributed by atoms with Crippen molar-refractivity contribution in [3.05, 3.63) is 5.82 Å². The average Bonchev–Trinajstić information content (AvgIpc) is 2.86. The van der Waals surface area contributed by atoms with Crippen LogP contribution in [-0.4, -0.2) is 29.1 Å². The van der Waals surface area contributed by atoms with Crippen molar-refractivity contribution in [2.45, 2.75) is 19.8 Å². The van der Waals surface area contributed by atoms with Crippen LogP contribution >= 0.6 is 11.5 Å². The lowest BCUT2D eigenvalue weighted by atomic mass is 10.1. The quantitative estimate of drug-likeness (QED) is 0.824. The van der Waals surface area contributed by atoms with Crippen LogP contribution in [0.25, 0.3) is 0 Å². The Bertz CT molecular complexity index is 283. The van der Waals surface area contributed by atoms with Crippen molar-refractivity contribution in [3.8, 4) is 0 Å². The highest BCUT2D eigenvalue weighted by molar-refractivity contribution is 7.09. The normalized spacial score (nSPS) is 21.4. The summed E-state index contributed by atoms with van der Waals surface area (Å²) in [4.78, 5) is 4.35. The Hall–Kier alpha value is -0.680. The minimum Gasteiger partial charge on any atom is -0.381 e. The summed E-state index contributed by atoms with van der Waals surface area (Å²) in [5.74, 6) is 1.57. The minimum absolute atomic E-state index is 0.643. The van der Waals surface area contributed by atoms with Gasteiger partial charge in [-0.1, -0.05) is 6.92 Å². The Morgan fingerprint density at radius 1 is 1.64 bits per heavy atom. The zero-order valence-corrected chi connectivity index (χ0v) is 9.14. The average molecular weight is 213 g/mol. The lowest BCUT2D eigenvalue weighted by molar-refractivity contribution is 0.187. The lowest BCUT2D eigenvalue weighted by Gasteiger charge is -2.06. The molecule has 1 N–H and O–H groups in total. The van der Waals surface area contributed by atoms with Crippen LogP contribution in [0.2, 0.25) is 0 Å². The predicted molar refractivity (Wildman–Crippen MR) is 56.7 cm³/mol. The van der Waals surface area contributed by atoms with E-state index in [4.69, 9.17) is 4.74 Å². The first kappa shape index (κ1) is 9.86. The van der Waals surface area contributed by atoms with Crippen LogP contribution in [0.3, 0.4) is 0 Å². The molecular weight excluding hydrogens is 198 g/mol. The van der Waals surface area contributed by atoms with E-state index in [-0.39, 0.29) is 0 Å². The zero-order valence-electron chi connectivity index (χ0n) is 8.32. The highest BCUT2D eigenvalue weighted by atomic mass is 32.1. The largest absolute Gasteiger partial charge is 0.381 e. The fourth-order valence-corrected chi connectivity index (χ4v) is 2.10. The first-order valence-corrected chi connectivity index (χ1v) is 5.80. The lowest BCUT2D eigenvalue weighted by Crippen LogP contribution is -2.13. The van der Waals surface area contributed by atoms with E-state index in [1.807, 2.05) is 0 Å². The maximum atomic E-state index is 5.30. The van der Waals surface area contributed by atoms with Gasteiger partial charge in [0.25, 0.3) is 0 Å². The van der Waals surface area contributed by atoms with E-state index in [0.717, 1.165) is 43.6 Å². The van der Waals surface area contributed by atoms with Gasteiger partial charge in [-0.05, 0) is 6.42 Å². The summed E-state index contributed by atoms with van der Waals surface area (Å²) < 4.78 is 9.52. The fourth-order valence-electron chi connectivity index (χ4n) is 1.45. The van der Waals surface area contributed by atoms with Gasteiger partial charge >= 0.3 is 0 Å². The number of nitrogens with zero attached hydrogens (tertiary/aromatic N) is 2. The summed E-state index contributed by atoms with van der Waals surface area (Å²) in [7, 11) is 0. The summed E-state index contributed by atoms with van der Waals surface area (Å²) in [6.07, 6.45) is 2.07. The van der Waals surface area contributed by atoms with Gasteiger partial charge in [0.15, 0.2) is 0 Å². The summed E-state index contributed by atoms with van der Waals surface area (Å²) in [5, 5.41) is 4.24. The van der Waals surface area contributed by atoms with Crippen LogP contribution in [0.1, 0.15) is 19.2 Å². The van der Waals surface area contributed by atoms with Crippen molar-refractivity contribution in [2.24, 2.45) is 5.92 Å². The van der Waals surface area contributed by atoms with Crippen LogP contribution in [0.5, 0.6) is 0 Å². The molecule has 2 heterocycles. The van der Waals surface area contributed by atoms with Gasteiger partial charge in [0.1, 0.15) is 5.82 Å². The van der Waals surface area contributed by atoms with Gasteiger partial charge in [0.2, 0.25) is 5.13 Å². The third-order valence-electron chi connectivity index (χ3n) is 2.35. The molecule has 0 spiro atoms. The number of nitrogens with one attached hydrogen (secondary N) is 1. The predicted octanol–water partition coefficient (Wildman–Crippen LogP) is 1.55.